The van der Waals surface area contributed by atoms with Gasteiger partial charge in [0.2, 0.25) is 5.91 Å². The molecule has 1 N–H and O–H groups in total. The maximum Gasteiger partial charge on any atom is 0.323 e. The summed E-state index contributed by atoms with van der Waals surface area (Å²) in [7, 11) is 0. The van der Waals surface area contributed by atoms with Crippen molar-refractivity contribution in [2.75, 3.05) is 13.2 Å². The minimum Gasteiger partial charge on any atom is -0.494 e. The van der Waals surface area contributed by atoms with E-state index in [1.165, 1.54) is 4.90 Å². The van der Waals surface area contributed by atoms with Crippen molar-refractivity contribution in [1.82, 2.24) is 4.90 Å². The fourth-order valence-electron chi connectivity index (χ4n) is 2.53. The summed E-state index contributed by atoms with van der Waals surface area (Å²) < 4.78 is 5.39. The van der Waals surface area contributed by atoms with Gasteiger partial charge in [-0.25, -0.2) is 0 Å². The van der Waals surface area contributed by atoms with E-state index >= 15 is 0 Å². The molecule has 0 aliphatic rings. The molecule has 0 aliphatic heterocycles. The lowest BCUT2D eigenvalue weighted by Crippen LogP contribution is -2.35. The highest BCUT2D eigenvalue weighted by Gasteiger charge is 2.17. The van der Waals surface area contributed by atoms with Crippen molar-refractivity contribution < 1.29 is 19.4 Å². The molecule has 1 amide bonds. The first-order valence-corrected chi connectivity index (χ1v) is 8.33. The van der Waals surface area contributed by atoms with Crippen molar-refractivity contribution in [3.05, 3.63) is 65.7 Å². The van der Waals surface area contributed by atoms with Gasteiger partial charge in [0, 0.05) is 13.0 Å². The van der Waals surface area contributed by atoms with Gasteiger partial charge in [-0.05, 0) is 36.6 Å². The molecule has 0 radical (unpaired) electrons. The number of carboxylic acids is 1. The Labute approximate surface area is 147 Å². The van der Waals surface area contributed by atoms with Gasteiger partial charge in [0.25, 0.3) is 0 Å². The number of aliphatic carboxylic acids is 1. The molecule has 0 saturated heterocycles. The molecule has 2 aromatic carbocycles. The SMILES string of the molecule is CCOc1ccc(CCC(=O)N(CC(=O)O)Cc2ccccc2)cc1. The number of benzene rings is 2. The second-order valence-electron chi connectivity index (χ2n) is 5.71. The summed E-state index contributed by atoms with van der Waals surface area (Å²) in [6, 6.07) is 17.0. The van der Waals surface area contributed by atoms with Crippen molar-refractivity contribution >= 4 is 11.9 Å². The number of aryl methyl sites for hydroxylation is 1. The van der Waals surface area contributed by atoms with E-state index < -0.39 is 5.97 Å². The Balaban J connectivity index is 1.95. The van der Waals surface area contributed by atoms with E-state index in [-0.39, 0.29) is 18.9 Å². The molecule has 25 heavy (non-hydrogen) atoms. The van der Waals surface area contributed by atoms with E-state index in [9.17, 15) is 9.59 Å². The number of hydrogen-bond donors (Lipinski definition) is 1. The monoisotopic (exact) mass is 341 g/mol. The van der Waals surface area contributed by atoms with Crippen LogP contribution in [0.4, 0.5) is 0 Å². The Bertz CT molecular complexity index is 683. The lowest BCUT2D eigenvalue weighted by molar-refractivity contribution is -0.144. The lowest BCUT2D eigenvalue weighted by atomic mass is 10.1. The van der Waals surface area contributed by atoms with Crippen LogP contribution >= 0.6 is 0 Å². The molecule has 0 atom stereocenters. The van der Waals surface area contributed by atoms with Crippen LogP contribution in [0.1, 0.15) is 24.5 Å². The minimum absolute atomic E-state index is 0.167. The Hall–Kier alpha value is -2.82. The van der Waals surface area contributed by atoms with Gasteiger partial charge in [0.1, 0.15) is 12.3 Å². The summed E-state index contributed by atoms with van der Waals surface area (Å²) >= 11 is 0. The second-order valence-corrected chi connectivity index (χ2v) is 5.71. The van der Waals surface area contributed by atoms with Gasteiger partial charge in [-0.2, -0.15) is 0 Å². The number of ether oxygens (including phenoxy) is 1. The molecular weight excluding hydrogens is 318 g/mol. The van der Waals surface area contributed by atoms with Gasteiger partial charge in [-0.1, -0.05) is 42.5 Å². The Kier molecular flexibility index (Phi) is 7.01. The summed E-state index contributed by atoms with van der Waals surface area (Å²) in [5, 5.41) is 9.07. The predicted octanol–water partition coefficient (Wildman–Crippen LogP) is 3.13. The summed E-state index contributed by atoms with van der Waals surface area (Å²) in [5.41, 5.74) is 1.94. The fraction of sp³-hybridized carbons (Fsp3) is 0.300. The molecule has 0 bridgehead atoms. The van der Waals surface area contributed by atoms with Crippen molar-refractivity contribution in [2.45, 2.75) is 26.3 Å². The summed E-state index contributed by atoms with van der Waals surface area (Å²) in [6.07, 6.45) is 0.838. The number of carboxylic acid groups (broad SMARTS) is 1. The van der Waals surface area contributed by atoms with Crippen LogP contribution in [0.2, 0.25) is 0 Å². The quantitative estimate of drug-likeness (QED) is 0.761. The summed E-state index contributed by atoms with van der Waals surface area (Å²) in [4.78, 5) is 24.9. The second kappa shape index (κ2) is 9.47. The molecule has 0 spiro atoms. The molecule has 132 valence electrons. The zero-order chi connectivity index (χ0) is 18.1. The molecule has 5 nitrogen and oxygen atoms in total. The molecule has 5 heteroatoms. The highest BCUT2D eigenvalue weighted by Crippen LogP contribution is 2.14. The summed E-state index contributed by atoms with van der Waals surface area (Å²) in [6.45, 7) is 2.55. The van der Waals surface area contributed by atoms with Crippen LogP contribution in [0.25, 0.3) is 0 Å². The van der Waals surface area contributed by atoms with Crippen molar-refractivity contribution in [3.63, 3.8) is 0 Å². The minimum atomic E-state index is -1.01. The normalized spacial score (nSPS) is 10.3. The van der Waals surface area contributed by atoms with Crippen LogP contribution in [0.15, 0.2) is 54.6 Å². The van der Waals surface area contributed by atoms with Gasteiger partial charge < -0.3 is 14.7 Å². The van der Waals surface area contributed by atoms with Gasteiger partial charge >= 0.3 is 5.97 Å². The van der Waals surface area contributed by atoms with E-state index in [4.69, 9.17) is 9.84 Å². The highest BCUT2D eigenvalue weighted by molar-refractivity contribution is 5.81. The molecule has 0 aliphatic carbocycles. The molecule has 2 aromatic rings. The van der Waals surface area contributed by atoms with Crippen LogP contribution in [0, 0.1) is 0 Å². The smallest absolute Gasteiger partial charge is 0.323 e. The van der Waals surface area contributed by atoms with Crippen LogP contribution in [0.3, 0.4) is 0 Å². The van der Waals surface area contributed by atoms with Crippen molar-refractivity contribution in [3.8, 4) is 5.75 Å². The number of carbonyl (C=O) groups excluding carboxylic acids is 1. The third-order valence-electron chi connectivity index (χ3n) is 3.76. The number of nitrogens with zero attached hydrogens (tertiary/aromatic N) is 1. The average molecular weight is 341 g/mol. The number of amides is 1. The molecule has 0 saturated carbocycles. The first-order valence-electron chi connectivity index (χ1n) is 8.33. The van der Waals surface area contributed by atoms with E-state index in [0.717, 1.165) is 16.9 Å². The van der Waals surface area contributed by atoms with Gasteiger partial charge in [-0.3, -0.25) is 9.59 Å². The zero-order valence-corrected chi connectivity index (χ0v) is 14.4. The molecule has 0 fully saturated rings. The predicted molar refractivity (Wildman–Crippen MR) is 95.4 cm³/mol. The largest absolute Gasteiger partial charge is 0.494 e. The first-order chi connectivity index (χ1) is 12.1. The Morgan fingerprint density at radius 2 is 1.68 bits per heavy atom. The van der Waals surface area contributed by atoms with Crippen molar-refractivity contribution in [2.24, 2.45) is 0 Å². The number of hydrogen-bond acceptors (Lipinski definition) is 3. The van der Waals surface area contributed by atoms with E-state index in [2.05, 4.69) is 0 Å². The van der Waals surface area contributed by atoms with Crippen LogP contribution in [-0.2, 0) is 22.6 Å². The fourth-order valence-corrected chi connectivity index (χ4v) is 2.53. The van der Waals surface area contributed by atoms with E-state index in [0.29, 0.717) is 19.6 Å². The molecule has 0 aromatic heterocycles. The number of carbonyl (C=O) groups is 2. The van der Waals surface area contributed by atoms with Gasteiger partial charge in [-0.15, -0.1) is 0 Å². The maximum atomic E-state index is 12.5. The van der Waals surface area contributed by atoms with E-state index in [1.54, 1.807) is 0 Å². The zero-order valence-electron chi connectivity index (χ0n) is 14.4. The topological polar surface area (TPSA) is 66.8 Å². The molecule has 0 unspecified atom stereocenters. The third kappa shape index (κ3) is 6.30. The molecule has 2 rings (SSSR count). The molecular formula is C20H23NO4. The third-order valence-corrected chi connectivity index (χ3v) is 3.76. The molecule has 0 heterocycles. The Morgan fingerprint density at radius 3 is 2.28 bits per heavy atom. The number of rotatable bonds is 9. The first kappa shape index (κ1) is 18.5. The van der Waals surface area contributed by atoms with Gasteiger partial charge in [0.05, 0.1) is 6.61 Å². The van der Waals surface area contributed by atoms with Crippen LogP contribution in [-0.4, -0.2) is 35.0 Å². The van der Waals surface area contributed by atoms with Gasteiger partial charge in [0.15, 0.2) is 0 Å². The summed E-state index contributed by atoms with van der Waals surface area (Å²) in [5.74, 6) is -0.375. The maximum absolute atomic E-state index is 12.5. The standard InChI is InChI=1S/C20H23NO4/c1-2-25-18-11-8-16(9-12-18)10-13-19(22)21(15-20(23)24)14-17-6-4-3-5-7-17/h3-9,11-12H,2,10,13-15H2,1H3,(H,23,24). The van der Waals surface area contributed by atoms with E-state index in [1.807, 2.05) is 61.5 Å². The Morgan fingerprint density at radius 1 is 1.00 bits per heavy atom. The average Bonchev–Trinajstić information content (AvgIpc) is 2.61. The van der Waals surface area contributed by atoms with Crippen molar-refractivity contribution in [1.29, 1.82) is 0 Å². The van der Waals surface area contributed by atoms with Crippen LogP contribution < -0.4 is 4.74 Å². The lowest BCUT2D eigenvalue weighted by Gasteiger charge is -2.21. The van der Waals surface area contributed by atoms with Crippen LogP contribution in [0.5, 0.6) is 5.75 Å². The highest BCUT2D eigenvalue weighted by atomic mass is 16.5.